The zero-order valence-electron chi connectivity index (χ0n) is 19.7. The van der Waals surface area contributed by atoms with Gasteiger partial charge in [0, 0.05) is 0 Å². The molecule has 0 bridgehead atoms. The number of carboxylic acid groups (broad SMARTS) is 1. The van der Waals surface area contributed by atoms with Gasteiger partial charge in [-0.3, -0.25) is 14.4 Å². The van der Waals surface area contributed by atoms with Crippen LogP contribution in [0.3, 0.4) is 0 Å². The Hall–Kier alpha value is -1.81. The highest BCUT2D eigenvalue weighted by Gasteiger charge is 2.33. The molecule has 0 spiro atoms. The summed E-state index contributed by atoms with van der Waals surface area (Å²) in [5.74, 6) is -2.61. The van der Waals surface area contributed by atoms with Gasteiger partial charge in [-0.05, 0) is 36.2 Å². The lowest BCUT2D eigenvalue weighted by Crippen LogP contribution is -2.59. The zero-order valence-corrected chi connectivity index (χ0v) is 20.5. The molecule has 0 aliphatic heterocycles. The number of hydrogen-bond donors (Lipinski definition) is 5. The highest BCUT2D eigenvalue weighted by atomic mass is 32.2. The van der Waals surface area contributed by atoms with E-state index in [0.29, 0.717) is 18.6 Å². The Morgan fingerprint density at radius 1 is 0.871 bits per heavy atom. The number of nitrogens with one attached hydrogen (secondary N) is 3. The minimum absolute atomic E-state index is 0.0931. The van der Waals surface area contributed by atoms with E-state index in [1.165, 1.54) is 11.8 Å². The number of rotatable bonds is 14. The quantitative estimate of drug-likeness (QED) is 0.259. The first-order valence-corrected chi connectivity index (χ1v) is 12.1. The van der Waals surface area contributed by atoms with Gasteiger partial charge in [-0.1, -0.05) is 48.0 Å². The van der Waals surface area contributed by atoms with Crippen LogP contribution in [0.25, 0.3) is 0 Å². The fraction of sp³-hybridized carbons (Fsp3) is 0.810. The van der Waals surface area contributed by atoms with E-state index >= 15 is 0 Å². The van der Waals surface area contributed by atoms with Crippen molar-refractivity contribution < 1.29 is 24.3 Å². The Balaban J connectivity index is 5.45. The largest absolute Gasteiger partial charge is 0.480 e. The maximum Gasteiger partial charge on any atom is 0.326 e. The molecule has 0 radical (unpaired) electrons. The Kier molecular flexibility index (Phi) is 13.5. The fourth-order valence-electron chi connectivity index (χ4n) is 2.79. The predicted octanol–water partition coefficient (Wildman–Crippen LogP) is 0.964. The topological polar surface area (TPSA) is 151 Å². The molecule has 0 fully saturated rings. The average molecular weight is 461 g/mol. The number of amides is 3. The van der Waals surface area contributed by atoms with E-state index in [2.05, 4.69) is 16.0 Å². The molecule has 0 heterocycles. The van der Waals surface area contributed by atoms with E-state index in [-0.39, 0.29) is 17.8 Å². The van der Waals surface area contributed by atoms with Crippen LogP contribution in [0, 0.1) is 17.8 Å². The van der Waals surface area contributed by atoms with Crippen molar-refractivity contribution in [3.8, 4) is 0 Å². The van der Waals surface area contributed by atoms with Crippen LogP contribution in [0.5, 0.6) is 0 Å². The van der Waals surface area contributed by atoms with Crippen LogP contribution in [0.2, 0.25) is 0 Å². The summed E-state index contributed by atoms with van der Waals surface area (Å²) in [6.07, 6.45) is 2.78. The number of carbonyl (C=O) groups is 4. The van der Waals surface area contributed by atoms with Gasteiger partial charge < -0.3 is 26.8 Å². The van der Waals surface area contributed by atoms with Crippen molar-refractivity contribution >= 4 is 35.5 Å². The molecule has 31 heavy (non-hydrogen) atoms. The Bertz CT molecular complexity index is 615. The van der Waals surface area contributed by atoms with Gasteiger partial charge in [0.15, 0.2) is 0 Å². The van der Waals surface area contributed by atoms with Gasteiger partial charge in [-0.25, -0.2) is 4.79 Å². The molecule has 6 N–H and O–H groups in total. The van der Waals surface area contributed by atoms with E-state index < -0.39 is 47.9 Å². The third-order valence-electron chi connectivity index (χ3n) is 5.29. The highest BCUT2D eigenvalue weighted by Crippen LogP contribution is 2.11. The number of hydrogen-bond acceptors (Lipinski definition) is 6. The van der Waals surface area contributed by atoms with Gasteiger partial charge in [0.25, 0.3) is 0 Å². The summed E-state index contributed by atoms with van der Waals surface area (Å²) in [6.45, 7) is 10.8. The van der Waals surface area contributed by atoms with Gasteiger partial charge in [0.2, 0.25) is 17.7 Å². The van der Waals surface area contributed by atoms with Crippen molar-refractivity contribution in [2.75, 3.05) is 12.0 Å². The van der Waals surface area contributed by atoms with Crippen molar-refractivity contribution in [1.29, 1.82) is 0 Å². The number of carboxylic acids is 1. The third kappa shape index (κ3) is 9.90. The number of aliphatic carboxylic acids is 1. The Morgan fingerprint density at radius 3 is 1.84 bits per heavy atom. The summed E-state index contributed by atoms with van der Waals surface area (Å²) in [5.41, 5.74) is 5.88. The summed E-state index contributed by atoms with van der Waals surface area (Å²) >= 11 is 1.51. The van der Waals surface area contributed by atoms with E-state index in [4.69, 9.17) is 5.73 Å². The molecule has 0 saturated carbocycles. The van der Waals surface area contributed by atoms with Gasteiger partial charge in [0.1, 0.15) is 18.1 Å². The molecule has 0 aromatic heterocycles. The minimum atomic E-state index is -1.12. The maximum atomic E-state index is 12.9. The molecular weight excluding hydrogens is 420 g/mol. The molecule has 9 nitrogen and oxygen atoms in total. The monoisotopic (exact) mass is 460 g/mol. The van der Waals surface area contributed by atoms with Crippen LogP contribution in [-0.4, -0.2) is 65.0 Å². The molecule has 180 valence electrons. The first-order valence-electron chi connectivity index (χ1n) is 10.8. The van der Waals surface area contributed by atoms with Crippen LogP contribution in [0.15, 0.2) is 0 Å². The molecule has 0 aromatic carbocycles. The molecule has 0 aliphatic rings. The second-order valence-corrected chi connectivity index (χ2v) is 9.54. The van der Waals surface area contributed by atoms with Gasteiger partial charge in [-0.2, -0.15) is 11.8 Å². The smallest absolute Gasteiger partial charge is 0.326 e. The van der Waals surface area contributed by atoms with Gasteiger partial charge >= 0.3 is 5.97 Å². The first-order chi connectivity index (χ1) is 14.4. The normalized spacial score (nSPS) is 16.2. The SMILES string of the molecule is CCC(C)C(NC(=O)C(CCSC)NC(=O)C(NC(=O)C(N)C(C)C)C(C)C)C(=O)O. The second kappa shape index (κ2) is 14.3. The molecular formula is C21H40N4O5S. The van der Waals surface area contributed by atoms with E-state index in [1.807, 2.05) is 27.0 Å². The fourth-order valence-corrected chi connectivity index (χ4v) is 3.26. The van der Waals surface area contributed by atoms with Gasteiger partial charge in [-0.15, -0.1) is 0 Å². The molecule has 0 aliphatic carbocycles. The predicted molar refractivity (Wildman–Crippen MR) is 124 cm³/mol. The number of thioether (sulfide) groups is 1. The lowest BCUT2D eigenvalue weighted by atomic mass is 9.98. The molecule has 0 saturated heterocycles. The summed E-state index contributed by atoms with van der Waals surface area (Å²) in [5, 5.41) is 17.4. The summed E-state index contributed by atoms with van der Waals surface area (Å²) in [7, 11) is 0. The maximum absolute atomic E-state index is 12.9. The van der Waals surface area contributed by atoms with Crippen LogP contribution >= 0.6 is 11.8 Å². The lowest BCUT2D eigenvalue weighted by molar-refractivity contribution is -0.144. The van der Waals surface area contributed by atoms with Crippen LogP contribution in [-0.2, 0) is 19.2 Å². The highest BCUT2D eigenvalue weighted by molar-refractivity contribution is 7.98. The Morgan fingerprint density at radius 2 is 1.42 bits per heavy atom. The van der Waals surface area contributed by atoms with Crippen molar-refractivity contribution in [2.24, 2.45) is 23.5 Å². The number of carbonyl (C=O) groups excluding carboxylic acids is 3. The molecule has 0 rings (SSSR count). The number of nitrogens with two attached hydrogens (primary N) is 1. The van der Waals surface area contributed by atoms with Crippen LogP contribution in [0.1, 0.15) is 54.4 Å². The van der Waals surface area contributed by atoms with Crippen LogP contribution < -0.4 is 21.7 Å². The van der Waals surface area contributed by atoms with Crippen molar-refractivity contribution in [2.45, 2.75) is 78.6 Å². The van der Waals surface area contributed by atoms with Crippen molar-refractivity contribution in [3.05, 3.63) is 0 Å². The van der Waals surface area contributed by atoms with E-state index in [0.717, 1.165) is 0 Å². The zero-order chi connectivity index (χ0) is 24.3. The lowest BCUT2D eigenvalue weighted by Gasteiger charge is -2.28. The Labute approximate surface area is 190 Å². The molecule has 0 aromatic rings. The molecule has 3 amide bonds. The van der Waals surface area contributed by atoms with E-state index in [9.17, 15) is 24.3 Å². The average Bonchev–Trinajstić information content (AvgIpc) is 2.70. The molecule has 5 atom stereocenters. The molecule has 5 unspecified atom stereocenters. The summed E-state index contributed by atoms with van der Waals surface area (Å²) in [6, 6.07) is -3.58. The van der Waals surface area contributed by atoms with Crippen molar-refractivity contribution in [1.82, 2.24) is 16.0 Å². The minimum Gasteiger partial charge on any atom is -0.480 e. The third-order valence-corrected chi connectivity index (χ3v) is 5.93. The van der Waals surface area contributed by atoms with Crippen LogP contribution in [0.4, 0.5) is 0 Å². The summed E-state index contributed by atoms with van der Waals surface area (Å²) in [4.78, 5) is 49.7. The molecule has 10 heteroatoms. The van der Waals surface area contributed by atoms with Crippen molar-refractivity contribution in [3.63, 3.8) is 0 Å². The standard InChI is InChI=1S/C21H40N4O5S/c1-8-13(6)17(21(29)30)25-18(26)14(9-10-31-7)23-20(28)16(12(4)5)24-19(27)15(22)11(2)3/h11-17H,8-10,22H2,1-7H3,(H,23,28)(H,24,27)(H,25,26)(H,29,30). The second-order valence-electron chi connectivity index (χ2n) is 8.55. The van der Waals surface area contributed by atoms with E-state index in [1.54, 1.807) is 20.8 Å². The van der Waals surface area contributed by atoms with Gasteiger partial charge in [0.05, 0.1) is 6.04 Å². The first kappa shape index (κ1) is 29.2. The summed E-state index contributed by atoms with van der Waals surface area (Å²) < 4.78 is 0.